The third kappa shape index (κ3) is 3.22. The summed E-state index contributed by atoms with van der Waals surface area (Å²) in [6.45, 7) is 2.10. The minimum atomic E-state index is 1.07. The zero-order valence-electron chi connectivity index (χ0n) is 12.6. The van der Waals surface area contributed by atoms with Crippen molar-refractivity contribution in [1.29, 1.82) is 0 Å². The Morgan fingerprint density at radius 1 is 0.857 bits per heavy atom. The van der Waals surface area contributed by atoms with Crippen LogP contribution in [0, 0.1) is 6.92 Å². The van der Waals surface area contributed by atoms with Gasteiger partial charge in [-0.1, -0.05) is 54.6 Å². The summed E-state index contributed by atoms with van der Waals surface area (Å²) in [5.74, 6) is 0. The molecule has 2 aromatic carbocycles. The van der Waals surface area contributed by atoms with Crippen LogP contribution >= 0.6 is 0 Å². The van der Waals surface area contributed by atoms with Crippen LogP contribution in [-0.4, -0.2) is 9.78 Å². The molecule has 0 aliphatic rings. The molecule has 0 aliphatic carbocycles. The Bertz CT molecular complexity index is 709. The third-order valence-electron chi connectivity index (χ3n) is 3.78. The van der Waals surface area contributed by atoms with E-state index in [0.29, 0.717) is 0 Å². The second kappa shape index (κ2) is 5.96. The first kappa shape index (κ1) is 13.6. The summed E-state index contributed by atoms with van der Waals surface area (Å²) < 4.78 is 1.87. The Kier molecular flexibility index (Phi) is 3.87. The minimum absolute atomic E-state index is 1.07. The highest BCUT2D eigenvalue weighted by Gasteiger charge is 2.06. The SMILES string of the molecule is Cc1cn(C)nc1-c1ccc(CCc2ccccc2)cc1. The molecule has 0 spiro atoms. The molecular weight excluding hydrogens is 256 g/mol. The van der Waals surface area contributed by atoms with E-state index in [4.69, 9.17) is 0 Å². The number of aromatic nitrogens is 2. The zero-order valence-corrected chi connectivity index (χ0v) is 12.6. The fraction of sp³-hybridized carbons (Fsp3) is 0.211. The summed E-state index contributed by atoms with van der Waals surface area (Å²) in [5, 5.41) is 4.52. The minimum Gasteiger partial charge on any atom is -0.275 e. The standard InChI is InChI=1S/C19H20N2/c1-15-14-21(2)20-19(15)18-12-10-17(11-13-18)9-8-16-6-4-3-5-7-16/h3-7,10-14H,8-9H2,1-2H3. The second-order valence-corrected chi connectivity index (χ2v) is 5.52. The number of hydrogen-bond donors (Lipinski definition) is 0. The van der Waals surface area contributed by atoms with Gasteiger partial charge in [0.15, 0.2) is 0 Å². The first-order valence-corrected chi connectivity index (χ1v) is 7.36. The number of rotatable bonds is 4. The van der Waals surface area contributed by atoms with Crippen LogP contribution in [0.4, 0.5) is 0 Å². The lowest BCUT2D eigenvalue weighted by Gasteiger charge is -2.04. The van der Waals surface area contributed by atoms with Gasteiger partial charge in [0.25, 0.3) is 0 Å². The molecule has 0 saturated carbocycles. The van der Waals surface area contributed by atoms with Crippen LogP contribution in [0.5, 0.6) is 0 Å². The van der Waals surface area contributed by atoms with Gasteiger partial charge in [0.2, 0.25) is 0 Å². The van der Waals surface area contributed by atoms with Crippen LogP contribution in [0.25, 0.3) is 11.3 Å². The van der Waals surface area contributed by atoms with Crippen molar-refractivity contribution in [1.82, 2.24) is 9.78 Å². The molecule has 3 aromatic rings. The van der Waals surface area contributed by atoms with Gasteiger partial charge in [0, 0.05) is 18.8 Å². The molecular formula is C19H20N2. The van der Waals surface area contributed by atoms with Crippen molar-refractivity contribution in [3.63, 3.8) is 0 Å². The summed E-state index contributed by atoms with van der Waals surface area (Å²) in [5.41, 5.74) is 6.25. The van der Waals surface area contributed by atoms with E-state index in [0.717, 1.165) is 18.5 Å². The van der Waals surface area contributed by atoms with Crippen LogP contribution in [-0.2, 0) is 19.9 Å². The molecule has 0 aliphatic heterocycles. The first-order valence-electron chi connectivity index (χ1n) is 7.36. The summed E-state index contributed by atoms with van der Waals surface area (Å²) in [6.07, 6.45) is 4.22. The number of nitrogens with zero attached hydrogens (tertiary/aromatic N) is 2. The number of benzene rings is 2. The maximum atomic E-state index is 4.52. The van der Waals surface area contributed by atoms with Gasteiger partial charge in [-0.2, -0.15) is 5.10 Å². The average Bonchev–Trinajstić information content (AvgIpc) is 2.85. The molecule has 0 fully saturated rings. The van der Waals surface area contributed by atoms with Crippen LogP contribution in [0.1, 0.15) is 16.7 Å². The van der Waals surface area contributed by atoms with Crippen LogP contribution in [0.15, 0.2) is 60.8 Å². The van der Waals surface area contributed by atoms with Crippen molar-refractivity contribution >= 4 is 0 Å². The number of hydrogen-bond acceptors (Lipinski definition) is 1. The van der Waals surface area contributed by atoms with E-state index in [-0.39, 0.29) is 0 Å². The van der Waals surface area contributed by atoms with Gasteiger partial charge in [-0.3, -0.25) is 4.68 Å². The third-order valence-corrected chi connectivity index (χ3v) is 3.78. The largest absolute Gasteiger partial charge is 0.275 e. The maximum absolute atomic E-state index is 4.52. The molecule has 0 amide bonds. The molecule has 106 valence electrons. The predicted octanol–water partition coefficient (Wildman–Crippen LogP) is 4.18. The van der Waals surface area contributed by atoms with Crippen molar-refractivity contribution < 1.29 is 0 Å². The van der Waals surface area contributed by atoms with Gasteiger partial charge in [0.05, 0.1) is 5.69 Å². The van der Waals surface area contributed by atoms with Crippen molar-refractivity contribution in [2.24, 2.45) is 7.05 Å². The lowest BCUT2D eigenvalue weighted by Crippen LogP contribution is -1.92. The molecule has 2 heteroatoms. The quantitative estimate of drug-likeness (QED) is 0.699. The first-order chi connectivity index (χ1) is 10.2. The molecule has 21 heavy (non-hydrogen) atoms. The predicted molar refractivity (Wildman–Crippen MR) is 87.2 cm³/mol. The molecule has 0 radical (unpaired) electrons. The second-order valence-electron chi connectivity index (χ2n) is 5.52. The van der Waals surface area contributed by atoms with E-state index in [2.05, 4.69) is 72.8 Å². The van der Waals surface area contributed by atoms with E-state index in [1.54, 1.807) is 0 Å². The van der Waals surface area contributed by atoms with Gasteiger partial charge >= 0.3 is 0 Å². The Morgan fingerprint density at radius 2 is 1.48 bits per heavy atom. The van der Waals surface area contributed by atoms with Gasteiger partial charge in [-0.25, -0.2) is 0 Å². The molecule has 1 aromatic heterocycles. The van der Waals surface area contributed by atoms with Gasteiger partial charge in [0.1, 0.15) is 0 Å². The summed E-state index contributed by atoms with van der Waals surface area (Å²) >= 11 is 0. The van der Waals surface area contributed by atoms with E-state index in [1.165, 1.54) is 22.3 Å². The van der Waals surface area contributed by atoms with Crippen LogP contribution < -0.4 is 0 Å². The molecule has 0 bridgehead atoms. The molecule has 3 rings (SSSR count). The molecule has 0 N–H and O–H groups in total. The Morgan fingerprint density at radius 3 is 2.05 bits per heavy atom. The van der Waals surface area contributed by atoms with E-state index >= 15 is 0 Å². The highest BCUT2D eigenvalue weighted by molar-refractivity contribution is 5.62. The number of aryl methyl sites for hydroxylation is 4. The summed E-state index contributed by atoms with van der Waals surface area (Å²) in [4.78, 5) is 0. The van der Waals surface area contributed by atoms with Crippen molar-refractivity contribution in [3.8, 4) is 11.3 Å². The molecule has 0 unspecified atom stereocenters. The van der Waals surface area contributed by atoms with E-state index < -0.39 is 0 Å². The molecule has 0 atom stereocenters. The van der Waals surface area contributed by atoms with E-state index in [9.17, 15) is 0 Å². The van der Waals surface area contributed by atoms with Crippen LogP contribution in [0.2, 0.25) is 0 Å². The highest BCUT2D eigenvalue weighted by atomic mass is 15.2. The monoisotopic (exact) mass is 276 g/mol. The van der Waals surface area contributed by atoms with E-state index in [1.807, 2.05) is 11.7 Å². The summed E-state index contributed by atoms with van der Waals surface area (Å²) in [7, 11) is 1.96. The highest BCUT2D eigenvalue weighted by Crippen LogP contribution is 2.21. The van der Waals surface area contributed by atoms with Gasteiger partial charge in [-0.15, -0.1) is 0 Å². The van der Waals surface area contributed by atoms with Gasteiger partial charge in [-0.05, 0) is 36.5 Å². The zero-order chi connectivity index (χ0) is 14.7. The summed E-state index contributed by atoms with van der Waals surface area (Å²) in [6, 6.07) is 19.4. The van der Waals surface area contributed by atoms with Crippen molar-refractivity contribution in [3.05, 3.63) is 77.5 Å². The topological polar surface area (TPSA) is 17.8 Å². The maximum Gasteiger partial charge on any atom is 0.0952 e. The average molecular weight is 276 g/mol. The van der Waals surface area contributed by atoms with Gasteiger partial charge < -0.3 is 0 Å². The fourth-order valence-electron chi connectivity index (χ4n) is 2.65. The Hall–Kier alpha value is -2.35. The van der Waals surface area contributed by atoms with Crippen molar-refractivity contribution in [2.45, 2.75) is 19.8 Å². The molecule has 1 heterocycles. The lowest BCUT2D eigenvalue weighted by atomic mass is 10.0. The fourth-order valence-corrected chi connectivity index (χ4v) is 2.65. The molecule has 2 nitrogen and oxygen atoms in total. The Labute approximate surface area is 126 Å². The lowest BCUT2D eigenvalue weighted by molar-refractivity contribution is 0.770. The van der Waals surface area contributed by atoms with Crippen LogP contribution in [0.3, 0.4) is 0 Å². The normalized spacial score (nSPS) is 10.8. The Balaban J connectivity index is 1.71. The van der Waals surface area contributed by atoms with Crippen molar-refractivity contribution in [2.75, 3.05) is 0 Å². The smallest absolute Gasteiger partial charge is 0.0952 e. The molecule has 0 saturated heterocycles.